The fourth-order valence-corrected chi connectivity index (χ4v) is 1.19. The monoisotopic (exact) mass is 200 g/mol. The molecule has 0 aromatic rings. The molecule has 1 rings (SSSR count). The van der Waals surface area contributed by atoms with Crippen LogP contribution in [-0.2, 0) is 25.8 Å². The van der Waals surface area contributed by atoms with Gasteiger partial charge in [0.1, 0.15) is 12.9 Å². The van der Waals surface area contributed by atoms with Gasteiger partial charge in [-0.05, 0) is 11.8 Å². The van der Waals surface area contributed by atoms with Crippen molar-refractivity contribution in [2.75, 3.05) is 20.0 Å². The van der Waals surface area contributed by atoms with E-state index in [1.165, 1.54) is 0 Å². The van der Waals surface area contributed by atoms with Crippen LogP contribution in [0.25, 0.3) is 0 Å². The van der Waals surface area contributed by atoms with Crippen LogP contribution in [-0.4, -0.2) is 35.9 Å². The first-order valence-corrected chi connectivity index (χ1v) is 5.60. The SMILES string of the molecule is OP(O)(=S)OCC1COCO1. The van der Waals surface area contributed by atoms with Gasteiger partial charge in [-0.25, -0.2) is 0 Å². The standard InChI is InChI=1S/C4H9O5PS/c5-10(6,11)9-2-4-1-7-3-8-4/h4H,1-3H2,(H2,5,6,11). The third kappa shape index (κ3) is 4.12. The molecule has 2 N–H and O–H groups in total. The Morgan fingerprint density at radius 1 is 1.64 bits per heavy atom. The second-order valence-electron chi connectivity index (χ2n) is 2.06. The first-order chi connectivity index (χ1) is 5.08. The lowest BCUT2D eigenvalue weighted by molar-refractivity contribution is 0.0299. The van der Waals surface area contributed by atoms with Gasteiger partial charge in [0, 0.05) is 0 Å². The molecule has 66 valence electrons. The third-order valence-corrected chi connectivity index (χ3v) is 1.92. The Labute approximate surface area is 69.1 Å². The second kappa shape index (κ2) is 3.91. The van der Waals surface area contributed by atoms with E-state index in [1.54, 1.807) is 0 Å². The highest BCUT2D eigenvalue weighted by molar-refractivity contribution is 8.06. The lowest BCUT2D eigenvalue weighted by Crippen LogP contribution is -2.16. The molecule has 1 unspecified atom stereocenters. The van der Waals surface area contributed by atoms with Gasteiger partial charge in [-0.3, -0.25) is 0 Å². The summed E-state index contributed by atoms with van der Waals surface area (Å²) < 4.78 is 14.3. The van der Waals surface area contributed by atoms with Gasteiger partial charge in [0.2, 0.25) is 0 Å². The van der Waals surface area contributed by atoms with Gasteiger partial charge in [-0.15, -0.1) is 0 Å². The normalized spacial score (nSPS) is 25.8. The predicted molar refractivity (Wildman–Crippen MR) is 40.4 cm³/mol. The highest BCUT2D eigenvalue weighted by atomic mass is 32.5. The van der Waals surface area contributed by atoms with Gasteiger partial charge in [0.05, 0.1) is 13.2 Å². The number of hydrogen-bond acceptors (Lipinski definition) is 4. The van der Waals surface area contributed by atoms with Gasteiger partial charge in [-0.2, -0.15) is 0 Å². The lowest BCUT2D eigenvalue weighted by atomic mass is 10.4. The molecule has 7 heteroatoms. The predicted octanol–water partition coefficient (Wildman–Crippen LogP) is -0.415. The Kier molecular flexibility index (Phi) is 3.39. The van der Waals surface area contributed by atoms with E-state index in [9.17, 15) is 0 Å². The quantitative estimate of drug-likeness (QED) is 0.603. The van der Waals surface area contributed by atoms with Crippen LogP contribution in [0.15, 0.2) is 0 Å². The summed E-state index contributed by atoms with van der Waals surface area (Å²) in [6, 6.07) is 0. The van der Waals surface area contributed by atoms with Crippen molar-refractivity contribution in [1.82, 2.24) is 0 Å². The minimum Gasteiger partial charge on any atom is -0.353 e. The first kappa shape index (κ1) is 9.54. The molecule has 0 aromatic heterocycles. The summed E-state index contributed by atoms with van der Waals surface area (Å²) in [7, 11) is 0. The second-order valence-corrected chi connectivity index (χ2v) is 4.73. The zero-order valence-electron chi connectivity index (χ0n) is 5.67. The van der Waals surface area contributed by atoms with Crippen LogP contribution >= 0.6 is 6.72 Å². The minimum atomic E-state index is -3.52. The summed E-state index contributed by atoms with van der Waals surface area (Å²) in [5.41, 5.74) is 0. The Morgan fingerprint density at radius 2 is 2.36 bits per heavy atom. The van der Waals surface area contributed by atoms with Gasteiger partial charge in [0.15, 0.2) is 0 Å². The molecule has 0 aliphatic carbocycles. The van der Waals surface area contributed by atoms with E-state index in [1.807, 2.05) is 0 Å². The molecule has 1 saturated heterocycles. The number of ether oxygens (including phenoxy) is 2. The first-order valence-electron chi connectivity index (χ1n) is 2.97. The highest BCUT2D eigenvalue weighted by Gasteiger charge is 2.19. The molecular formula is C4H9O5PS. The van der Waals surface area contributed by atoms with Gasteiger partial charge >= 0.3 is 6.72 Å². The van der Waals surface area contributed by atoms with Crippen molar-refractivity contribution >= 4 is 18.5 Å². The van der Waals surface area contributed by atoms with E-state index < -0.39 is 6.72 Å². The molecule has 0 aromatic carbocycles. The maximum absolute atomic E-state index is 8.64. The van der Waals surface area contributed by atoms with Crippen LogP contribution in [0.5, 0.6) is 0 Å². The van der Waals surface area contributed by atoms with Crippen LogP contribution in [0.3, 0.4) is 0 Å². The summed E-state index contributed by atoms with van der Waals surface area (Å²) in [5, 5.41) is 0. The zero-order chi connectivity index (χ0) is 8.32. The largest absolute Gasteiger partial charge is 0.353 e. The number of hydrogen-bond donors (Lipinski definition) is 2. The van der Waals surface area contributed by atoms with Crippen molar-refractivity contribution in [3.05, 3.63) is 0 Å². The maximum atomic E-state index is 8.64. The van der Waals surface area contributed by atoms with E-state index in [2.05, 4.69) is 16.3 Å². The Morgan fingerprint density at radius 3 is 2.82 bits per heavy atom. The minimum absolute atomic E-state index is 0.0737. The van der Waals surface area contributed by atoms with Crippen LogP contribution in [0.1, 0.15) is 0 Å². The van der Waals surface area contributed by atoms with Crippen molar-refractivity contribution in [2.45, 2.75) is 6.10 Å². The molecule has 0 radical (unpaired) electrons. The molecule has 1 atom stereocenters. The molecule has 0 saturated carbocycles. The lowest BCUT2D eigenvalue weighted by Gasteiger charge is -2.10. The molecule has 5 nitrogen and oxygen atoms in total. The molecule has 0 amide bonds. The molecule has 0 spiro atoms. The van der Waals surface area contributed by atoms with Crippen LogP contribution < -0.4 is 0 Å². The highest BCUT2D eigenvalue weighted by Crippen LogP contribution is 2.36. The van der Waals surface area contributed by atoms with E-state index in [0.717, 1.165) is 0 Å². The smallest absolute Gasteiger partial charge is 0.321 e. The van der Waals surface area contributed by atoms with E-state index >= 15 is 0 Å². The molecular weight excluding hydrogens is 191 g/mol. The fraction of sp³-hybridized carbons (Fsp3) is 1.00. The van der Waals surface area contributed by atoms with Crippen LogP contribution in [0.2, 0.25) is 0 Å². The maximum Gasteiger partial charge on any atom is 0.321 e. The molecule has 0 bridgehead atoms. The third-order valence-electron chi connectivity index (χ3n) is 1.12. The number of rotatable bonds is 3. The Balaban J connectivity index is 2.16. The van der Waals surface area contributed by atoms with Gasteiger partial charge in [0.25, 0.3) is 0 Å². The Bertz CT molecular complexity index is 162. The summed E-state index contributed by atoms with van der Waals surface area (Å²) in [6.07, 6.45) is -0.225. The average molecular weight is 200 g/mol. The molecule has 1 aliphatic heterocycles. The van der Waals surface area contributed by atoms with E-state index in [4.69, 9.17) is 19.3 Å². The van der Waals surface area contributed by atoms with Crippen molar-refractivity contribution in [3.8, 4) is 0 Å². The summed E-state index contributed by atoms with van der Waals surface area (Å²) in [5.74, 6) is 0. The molecule has 1 fully saturated rings. The van der Waals surface area contributed by atoms with Crippen molar-refractivity contribution < 1.29 is 23.8 Å². The molecule has 1 heterocycles. The average Bonchev–Trinajstić information content (AvgIpc) is 2.32. The summed E-state index contributed by atoms with van der Waals surface area (Å²) in [4.78, 5) is 17.3. The Hall–Kier alpha value is 0.450. The van der Waals surface area contributed by atoms with Gasteiger partial charge < -0.3 is 23.8 Å². The summed E-state index contributed by atoms with van der Waals surface area (Å²) >= 11 is 4.22. The van der Waals surface area contributed by atoms with Gasteiger partial charge in [-0.1, -0.05) is 0 Å². The zero-order valence-corrected chi connectivity index (χ0v) is 7.38. The van der Waals surface area contributed by atoms with Crippen molar-refractivity contribution in [1.29, 1.82) is 0 Å². The van der Waals surface area contributed by atoms with Crippen molar-refractivity contribution in [3.63, 3.8) is 0 Å². The molecule has 1 aliphatic rings. The fourth-order valence-electron chi connectivity index (χ4n) is 0.648. The summed E-state index contributed by atoms with van der Waals surface area (Å²) in [6.45, 7) is -2.80. The van der Waals surface area contributed by atoms with Crippen LogP contribution in [0.4, 0.5) is 0 Å². The van der Waals surface area contributed by atoms with E-state index in [-0.39, 0.29) is 19.5 Å². The van der Waals surface area contributed by atoms with E-state index in [0.29, 0.717) is 6.61 Å². The molecule has 11 heavy (non-hydrogen) atoms. The topological polar surface area (TPSA) is 68.2 Å². The van der Waals surface area contributed by atoms with Crippen LogP contribution in [0, 0.1) is 0 Å². The van der Waals surface area contributed by atoms with Crippen molar-refractivity contribution in [2.24, 2.45) is 0 Å².